The fourth-order valence-electron chi connectivity index (χ4n) is 3.14. The highest BCUT2D eigenvalue weighted by Crippen LogP contribution is 2.40. The maximum absolute atomic E-state index is 11.2. The van der Waals surface area contributed by atoms with Gasteiger partial charge in [0.1, 0.15) is 25.1 Å². The molecule has 0 saturated heterocycles. The summed E-state index contributed by atoms with van der Waals surface area (Å²) in [5, 5.41) is 10.3. The van der Waals surface area contributed by atoms with Crippen LogP contribution in [0.3, 0.4) is 0 Å². The minimum atomic E-state index is -0.811. The van der Waals surface area contributed by atoms with Crippen LogP contribution in [0, 0.1) is 0 Å². The van der Waals surface area contributed by atoms with E-state index in [1.165, 1.54) is 14.0 Å². The van der Waals surface area contributed by atoms with Crippen molar-refractivity contribution in [1.29, 1.82) is 0 Å². The van der Waals surface area contributed by atoms with Gasteiger partial charge in [-0.3, -0.25) is 4.79 Å². The van der Waals surface area contributed by atoms with E-state index in [1.54, 1.807) is 12.1 Å². The average Bonchev–Trinajstić information content (AvgIpc) is 2.76. The summed E-state index contributed by atoms with van der Waals surface area (Å²) in [5.74, 6) is 0.614. The summed E-state index contributed by atoms with van der Waals surface area (Å²) < 4.78 is 21.5. The van der Waals surface area contributed by atoms with E-state index in [4.69, 9.17) is 53.8 Å². The van der Waals surface area contributed by atoms with Crippen LogP contribution >= 0.6 is 34.8 Å². The Morgan fingerprint density at radius 1 is 1.00 bits per heavy atom. The fourth-order valence-corrected chi connectivity index (χ4v) is 3.83. The van der Waals surface area contributed by atoms with E-state index in [1.807, 2.05) is 24.3 Å². The molecular weight excluding hydrogens is 491 g/mol. The molecule has 0 radical (unpaired) electrons. The molecule has 0 amide bonds. The summed E-state index contributed by atoms with van der Waals surface area (Å²) >= 11 is 18.4. The SMILES string of the molecule is COC[C@H](COc1ccc(C(C)(C)c2cc(Cl)c(OC[C@H](O)CCl)c(Cl)c2)cc1)OC(C)=O. The molecule has 0 heterocycles. The molecule has 2 rings (SSSR count). The molecule has 0 spiro atoms. The zero-order chi connectivity index (χ0) is 24.6. The molecule has 0 fully saturated rings. The molecular formula is C24H29Cl3O6. The first kappa shape index (κ1) is 27.5. The Morgan fingerprint density at radius 3 is 2.12 bits per heavy atom. The normalized spacial score (nSPS) is 13.3. The van der Waals surface area contributed by atoms with Crippen LogP contribution in [-0.2, 0) is 19.7 Å². The molecule has 9 heteroatoms. The van der Waals surface area contributed by atoms with Crippen LogP contribution < -0.4 is 9.47 Å². The number of hydrogen-bond acceptors (Lipinski definition) is 6. The third kappa shape index (κ3) is 7.94. The summed E-state index contributed by atoms with van der Waals surface area (Å²) in [6, 6.07) is 11.2. The smallest absolute Gasteiger partial charge is 0.303 e. The molecule has 33 heavy (non-hydrogen) atoms. The van der Waals surface area contributed by atoms with Gasteiger partial charge < -0.3 is 24.1 Å². The molecule has 0 bridgehead atoms. The number of aliphatic hydroxyl groups excluding tert-OH is 1. The van der Waals surface area contributed by atoms with Crippen LogP contribution in [0.1, 0.15) is 31.9 Å². The van der Waals surface area contributed by atoms with E-state index in [2.05, 4.69) is 13.8 Å². The zero-order valence-corrected chi connectivity index (χ0v) is 21.3. The molecule has 0 aliphatic carbocycles. The van der Waals surface area contributed by atoms with Crippen LogP contribution in [0.5, 0.6) is 11.5 Å². The first-order chi connectivity index (χ1) is 15.6. The van der Waals surface area contributed by atoms with Gasteiger partial charge in [0.15, 0.2) is 11.9 Å². The fraction of sp³-hybridized carbons (Fsp3) is 0.458. The Morgan fingerprint density at radius 2 is 1.61 bits per heavy atom. The van der Waals surface area contributed by atoms with Gasteiger partial charge in [0.2, 0.25) is 0 Å². The second-order valence-electron chi connectivity index (χ2n) is 8.04. The first-order valence-corrected chi connectivity index (χ1v) is 11.6. The van der Waals surface area contributed by atoms with E-state index in [9.17, 15) is 9.90 Å². The van der Waals surface area contributed by atoms with Crippen molar-refractivity contribution in [2.45, 2.75) is 38.4 Å². The molecule has 2 aromatic rings. The maximum Gasteiger partial charge on any atom is 0.303 e. The minimum absolute atomic E-state index is 0.00413. The van der Waals surface area contributed by atoms with Gasteiger partial charge in [-0.05, 0) is 35.4 Å². The summed E-state index contributed by atoms with van der Waals surface area (Å²) in [4.78, 5) is 11.2. The van der Waals surface area contributed by atoms with Crippen molar-refractivity contribution >= 4 is 40.8 Å². The van der Waals surface area contributed by atoms with E-state index >= 15 is 0 Å². The summed E-state index contributed by atoms with van der Waals surface area (Å²) in [5.41, 5.74) is 1.49. The van der Waals surface area contributed by atoms with Gasteiger partial charge in [-0.25, -0.2) is 0 Å². The predicted molar refractivity (Wildman–Crippen MR) is 130 cm³/mol. The van der Waals surface area contributed by atoms with Crippen molar-refractivity contribution in [2.75, 3.05) is 32.8 Å². The van der Waals surface area contributed by atoms with Crippen LogP contribution in [0.15, 0.2) is 36.4 Å². The number of rotatable bonds is 12. The van der Waals surface area contributed by atoms with E-state index in [0.29, 0.717) is 21.5 Å². The molecule has 0 unspecified atom stereocenters. The second-order valence-corrected chi connectivity index (χ2v) is 9.16. The van der Waals surface area contributed by atoms with E-state index in [-0.39, 0.29) is 31.7 Å². The lowest BCUT2D eigenvalue weighted by atomic mass is 9.78. The standard InChI is InChI=1S/C24H29Cl3O6/c1-15(28)33-20(13-30-4)14-31-19-7-5-16(6-8-19)24(2,3)17-9-21(26)23(22(27)10-17)32-12-18(29)11-25/h5-10,18,20,29H,11-14H2,1-4H3/t18-,20-/m1/s1. The van der Waals surface area contributed by atoms with Crippen molar-refractivity contribution in [3.63, 3.8) is 0 Å². The molecule has 2 atom stereocenters. The molecule has 0 aromatic heterocycles. The number of esters is 1. The Balaban J connectivity index is 2.14. The van der Waals surface area contributed by atoms with Crippen molar-refractivity contribution in [1.82, 2.24) is 0 Å². The molecule has 1 N–H and O–H groups in total. The number of methoxy groups -OCH3 is 1. The van der Waals surface area contributed by atoms with Crippen LogP contribution in [0.4, 0.5) is 0 Å². The van der Waals surface area contributed by atoms with Gasteiger partial charge in [-0.2, -0.15) is 0 Å². The quantitative estimate of drug-likeness (QED) is 0.305. The number of aliphatic hydroxyl groups is 1. The highest BCUT2D eigenvalue weighted by molar-refractivity contribution is 6.37. The number of hydrogen-bond donors (Lipinski definition) is 1. The Hall–Kier alpha value is -1.70. The molecule has 6 nitrogen and oxygen atoms in total. The van der Waals surface area contributed by atoms with E-state index < -0.39 is 17.6 Å². The number of halogens is 3. The van der Waals surface area contributed by atoms with Crippen molar-refractivity contribution in [2.24, 2.45) is 0 Å². The maximum atomic E-state index is 11.2. The summed E-state index contributed by atoms with van der Waals surface area (Å²) in [7, 11) is 1.54. The Bertz CT molecular complexity index is 894. The average molecular weight is 520 g/mol. The molecule has 0 saturated carbocycles. The van der Waals surface area contributed by atoms with E-state index in [0.717, 1.165) is 11.1 Å². The lowest BCUT2D eigenvalue weighted by molar-refractivity contribution is -0.150. The minimum Gasteiger partial charge on any atom is -0.490 e. The molecule has 182 valence electrons. The predicted octanol–water partition coefficient (Wildman–Crippen LogP) is 5.25. The van der Waals surface area contributed by atoms with Crippen LogP contribution in [0.25, 0.3) is 0 Å². The highest BCUT2D eigenvalue weighted by Gasteiger charge is 2.26. The van der Waals surface area contributed by atoms with Gasteiger partial charge in [-0.1, -0.05) is 49.2 Å². The van der Waals surface area contributed by atoms with Gasteiger partial charge in [0.05, 0.1) is 22.5 Å². The lowest BCUT2D eigenvalue weighted by Crippen LogP contribution is -2.28. The van der Waals surface area contributed by atoms with Gasteiger partial charge in [0, 0.05) is 19.4 Å². The second kappa shape index (κ2) is 12.7. The highest BCUT2D eigenvalue weighted by atomic mass is 35.5. The Labute approximate surface area is 209 Å². The first-order valence-electron chi connectivity index (χ1n) is 10.3. The van der Waals surface area contributed by atoms with Crippen molar-refractivity contribution < 1.29 is 28.8 Å². The molecule has 2 aromatic carbocycles. The van der Waals surface area contributed by atoms with Crippen LogP contribution in [-0.4, -0.2) is 56.1 Å². The number of alkyl halides is 1. The van der Waals surface area contributed by atoms with Crippen LogP contribution in [0.2, 0.25) is 10.0 Å². The van der Waals surface area contributed by atoms with Gasteiger partial charge in [-0.15, -0.1) is 11.6 Å². The topological polar surface area (TPSA) is 74.2 Å². The van der Waals surface area contributed by atoms with Gasteiger partial charge in [0.25, 0.3) is 0 Å². The number of benzene rings is 2. The zero-order valence-electron chi connectivity index (χ0n) is 19.1. The number of ether oxygens (including phenoxy) is 4. The monoisotopic (exact) mass is 518 g/mol. The third-order valence-corrected chi connectivity index (χ3v) is 5.93. The third-order valence-electron chi connectivity index (χ3n) is 5.02. The largest absolute Gasteiger partial charge is 0.490 e. The Kier molecular flexibility index (Phi) is 10.6. The number of carbonyl (C=O) groups excluding carboxylic acids is 1. The van der Waals surface area contributed by atoms with Gasteiger partial charge >= 0.3 is 5.97 Å². The molecule has 0 aliphatic rings. The van der Waals surface area contributed by atoms with Crippen molar-refractivity contribution in [3.8, 4) is 11.5 Å². The summed E-state index contributed by atoms with van der Waals surface area (Å²) in [6.45, 7) is 5.88. The van der Waals surface area contributed by atoms with Crippen molar-refractivity contribution in [3.05, 3.63) is 57.6 Å². The summed E-state index contributed by atoms with van der Waals surface area (Å²) in [6.07, 6.45) is -1.30. The lowest BCUT2D eigenvalue weighted by Gasteiger charge is -2.27. The molecule has 0 aliphatic heterocycles. The number of carbonyl (C=O) groups is 1.